The molecular formula is C19H27NS. The van der Waals surface area contributed by atoms with Crippen molar-refractivity contribution >= 4 is 11.3 Å². The van der Waals surface area contributed by atoms with Gasteiger partial charge in [0, 0.05) is 17.5 Å². The van der Waals surface area contributed by atoms with E-state index in [4.69, 9.17) is 0 Å². The van der Waals surface area contributed by atoms with Crippen LogP contribution in [-0.4, -0.2) is 4.98 Å². The Morgan fingerprint density at radius 1 is 1.05 bits per heavy atom. The second-order valence-corrected chi connectivity index (χ2v) is 7.45. The highest BCUT2D eigenvalue weighted by atomic mass is 32.1. The Morgan fingerprint density at radius 3 is 2.43 bits per heavy atom. The Kier molecular flexibility index (Phi) is 6.44. The standard InChI is InChI=1S/C19H27NS/c1-15(2)13-18(10-9-17-7-5-4-6-8-17)14-16(3)19-20-11-12-21-19/h4-8,11-12,15-16,18H,9-10,13-14H2,1-3H3. The van der Waals surface area contributed by atoms with Gasteiger partial charge < -0.3 is 0 Å². The SMILES string of the molecule is CC(C)CC(CCc1ccccc1)CC(C)c1nccs1. The summed E-state index contributed by atoms with van der Waals surface area (Å²) in [5, 5.41) is 3.39. The van der Waals surface area contributed by atoms with Crippen LogP contribution in [0.25, 0.3) is 0 Å². The van der Waals surface area contributed by atoms with Crippen LogP contribution in [0.4, 0.5) is 0 Å². The van der Waals surface area contributed by atoms with Crippen molar-refractivity contribution in [3.05, 3.63) is 52.5 Å². The number of hydrogen-bond acceptors (Lipinski definition) is 2. The fraction of sp³-hybridized carbons (Fsp3) is 0.526. The summed E-state index contributed by atoms with van der Waals surface area (Å²) < 4.78 is 0. The lowest BCUT2D eigenvalue weighted by Gasteiger charge is -2.22. The third kappa shape index (κ3) is 5.62. The molecule has 2 atom stereocenters. The molecule has 1 aromatic heterocycles. The minimum absolute atomic E-state index is 0.588. The lowest BCUT2D eigenvalue weighted by atomic mass is 9.85. The van der Waals surface area contributed by atoms with Crippen LogP contribution in [-0.2, 0) is 6.42 Å². The minimum Gasteiger partial charge on any atom is -0.249 e. The molecule has 2 rings (SSSR count). The van der Waals surface area contributed by atoms with Crippen LogP contribution < -0.4 is 0 Å². The van der Waals surface area contributed by atoms with Gasteiger partial charge >= 0.3 is 0 Å². The Labute approximate surface area is 133 Å². The maximum absolute atomic E-state index is 4.49. The molecule has 0 radical (unpaired) electrons. The average Bonchev–Trinajstić information content (AvgIpc) is 2.99. The number of thiazole rings is 1. The summed E-state index contributed by atoms with van der Waals surface area (Å²) in [5.74, 6) is 2.16. The maximum Gasteiger partial charge on any atom is 0.0953 e. The van der Waals surface area contributed by atoms with Crippen molar-refractivity contribution in [1.82, 2.24) is 4.98 Å². The van der Waals surface area contributed by atoms with E-state index in [1.54, 1.807) is 11.3 Å². The fourth-order valence-corrected chi connectivity index (χ4v) is 3.80. The molecule has 0 saturated carbocycles. The smallest absolute Gasteiger partial charge is 0.0953 e. The predicted molar refractivity (Wildman–Crippen MR) is 92.9 cm³/mol. The first-order valence-electron chi connectivity index (χ1n) is 8.08. The van der Waals surface area contributed by atoms with Crippen molar-refractivity contribution < 1.29 is 0 Å². The number of hydrogen-bond donors (Lipinski definition) is 0. The second-order valence-electron chi connectivity index (χ2n) is 6.53. The molecule has 0 aliphatic rings. The van der Waals surface area contributed by atoms with Crippen LogP contribution in [0.3, 0.4) is 0 Å². The van der Waals surface area contributed by atoms with Gasteiger partial charge in [-0.3, -0.25) is 0 Å². The van der Waals surface area contributed by atoms with E-state index in [0.29, 0.717) is 5.92 Å². The summed E-state index contributed by atoms with van der Waals surface area (Å²) >= 11 is 1.80. The highest BCUT2D eigenvalue weighted by Gasteiger charge is 2.17. The summed E-state index contributed by atoms with van der Waals surface area (Å²) in [4.78, 5) is 4.49. The summed E-state index contributed by atoms with van der Waals surface area (Å²) in [6, 6.07) is 10.9. The van der Waals surface area contributed by atoms with Crippen LogP contribution in [0.1, 0.15) is 56.5 Å². The van der Waals surface area contributed by atoms with Crippen LogP contribution in [0.15, 0.2) is 41.9 Å². The third-order valence-electron chi connectivity index (χ3n) is 4.05. The molecule has 0 amide bonds. The monoisotopic (exact) mass is 301 g/mol. The van der Waals surface area contributed by atoms with Crippen LogP contribution in [0.2, 0.25) is 0 Å². The third-order valence-corrected chi connectivity index (χ3v) is 5.06. The van der Waals surface area contributed by atoms with E-state index in [1.807, 2.05) is 6.20 Å². The van der Waals surface area contributed by atoms with Gasteiger partial charge in [0.15, 0.2) is 0 Å². The van der Waals surface area contributed by atoms with E-state index >= 15 is 0 Å². The molecule has 2 heteroatoms. The Balaban J connectivity index is 1.91. The van der Waals surface area contributed by atoms with E-state index in [1.165, 1.54) is 36.3 Å². The summed E-state index contributed by atoms with van der Waals surface area (Å²) in [6.07, 6.45) is 7.00. The van der Waals surface area contributed by atoms with Gasteiger partial charge in [-0.25, -0.2) is 4.98 Å². The summed E-state index contributed by atoms with van der Waals surface area (Å²) in [7, 11) is 0. The van der Waals surface area contributed by atoms with E-state index in [-0.39, 0.29) is 0 Å². The fourth-order valence-electron chi connectivity index (χ4n) is 3.09. The molecule has 114 valence electrons. The number of rotatable bonds is 8. The van der Waals surface area contributed by atoms with Gasteiger partial charge in [0.25, 0.3) is 0 Å². The number of benzene rings is 1. The first-order chi connectivity index (χ1) is 10.1. The van der Waals surface area contributed by atoms with Gasteiger partial charge in [-0.2, -0.15) is 0 Å². The molecule has 1 aromatic carbocycles. The largest absolute Gasteiger partial charge is 0.249 e. The highest BCUT2D eigenvalue weighted by Crippen LogP contribution is 2.30. The first kappa shape index (κ1) is 16.2. The molecule has 0 spiro atoms. The Bertz CT molecular complexity index is 490. The van der Waals surface area contributed by atoms with E-state index in [2.05, 4.69) is 61.5 Å². The zero-order valence-electron chi connectivity index (χ0n) is 13.5. The van der Waals surface area contributed by atoms with Gasteiger partial charge in [-0.15, -0.1) is 11.3 Å². The molecule has 0 N–H and O–H groups in total. The molecule has 0 fully saturated rings. The van der Waals surface area contributed by atoms with Gasteiger partial charge in [0.1, 0.15) is 0 Å². The number of nitrogens with zero attached hydrogens (tertiary/aromatic N) is 1. The second kappa shape index (κ2) is 8.33. The molecular weight excluding hydrogens is 274 g/mol. The summed E-state index contributed by atoms with van der Waals surface area (Å²) in [5.41, 5.74) is 1.47. The van der Waals surface area contributed by atoms with Crippen molar-refractivity contribution in [2.24, 2.45) is 11.8 Å². The van der Waals surface area contributed by atoms with Crippen LogP contribution in [0, 0.1) is 11.8 Å². The molecule has 0 saturated heterocycles. The Hall–Kier alpha value is -1.15. The first-order valence-corrected chi connectivity index (χ1v) is 8.96. The molecule has 2 unspecified atom stereocenters. The Morgan fingerprint density at radius 2 is 1.81 bits per heavy atom. The number of aromatic nitrogens is 1. The van der Waals surface area contributed by atoms with Crippen molar-refractivity contribution in [2.45, 2.75) is 52.4 Å². The van der Waals surface area contributed by atoms with Crippen molar-refractivity contribution in [3.63, 3.8) is 0 Å². The average molecular weight is 301 g/mol. The molecule has 2 aromatic rings. The highest BCUT2D eigenvalue weighted by molar-refractivity contribution is 7.09. The minimum atomic E-state index is 0.588. The molecule has 0 bridgehead atoms. The lowest BCUT2D eigenvalue weighted by Crippen LogP contribution is -2.10. The van der Waals surface area contributed by atoms with E-state index in [0.717, 1.165) is 11.8 Å². The molecule has 0 aliphatic heterocycles. The van der Waals surface area contributed by atoms with E-state index in [9.17, 15) is 0 Å². The molecule has 1 nitrogen and oxygen atoms in total. The van der Waals surface area contributed by atoms with Crippen molar-refractivity contribution in [1.29, 1.82) is 0 Å². The van der Waals surface area contributed by atoms with Crippen molar-refractivity contribution in [2.75, 3.05) is 0 Å². The zero-order chi connectivity index (χ0) is 15.1. The quantitative estimate of drug-likeness (QED) is 0.588. The van der Waals surface area contributed by atoms with Crippen LogP contribution in [0.5, 0.6) is 0 Å². The summed E-state index contributed by atoms with van der Waals surface area (Å²) in [6.45, 7) is 7.00. The van der Waals surface area contributed by atoms with E-state index < -0.39 is 0 Å². The molecule has 1 heterocycles. The normalized spacial score (nSPS) is 14.3. The van der Waals surface area contributed by atoms with Crippen molar-refractivity contribution in [3.8, 4) is 0 Å². The number of aryl methyl sites for hydroxylation is 1. The van der Waals surface area contributed by atoms with Gasteiger partial charge in [0.2, 0.25) is 0 Å². The molecule has 0 aliphatic carbocycles. The lowest BCUT2D eigenvalue weighted by molar-refractivity contribution is 0.345. The topological polar surface area (TPSA) is 12.9 Å². The molecule has 21 heavy (non-hydrogen) atoms. The predicted octanol–water partition coefficient (Wildman–Crippen LogP) is 5.93. The maximum atomic E-state index is 4.49. The van der Waals surface area contributed by atoms with Gasteiger partial charge in [0.05, 0.1) is 5.01 Å². The zero-order valence-corrected chi connectivity index (χ0v) is 14.3. The van der Waals surface area contributed by atoms with Gasteiger partial charge in [-0.1, -0.05) is 51.1 Å². The van der Waals surface area contributed by atoms with Crippen LogP contribution >= 0.6 is 11.3 Å². The van der Waals surface area contributed by atoms with Gasteiger partial charge in [-0.05, 0) is 43.1 Å².